The number of aromatic nitrogens is 1. The lowest BCUT2D eigenvalue weighted by atomic mass is 10.00. The minimum absolute atomic E-state index is 0.402. The summed E-state index contributed by atoms with van der Waals surface area (Å²) in [6, 6.07) is 9.08. The van der Waals surface area contributed by atoms with E-state index in [0.717, 1.165) is 17.2 Å². The van der Waals surface area contributed by atoms with Gasteiger partial charge in [-0.3, -0.25) is 14.4 Å². The molecule has 0 bridgehead atoms. The number of carbonyl (C=O) groups is 2. The summed E-state index contributed by atoms with van der Waals surface area (Å²) in [6.45, 7) is -0.353. The third kappa shape index (κ3) is 4.59. The molecule has 2 heterocycles. The number of halogens is 3. The molecule has 1 aliphatic heterocycles. The minimum atomic E-state index is -4.64. The predicted octanol–water partition coefficient (Wildman–Crippen LogP) is 2.00. The Morgan fingerprint density at radius 1 is 1.07 bits per heavy atom. The van der Waals surface area contributed by atoms with Crippen molar-refractivity contribution in [3.8, 4) is 0 Å². The second-order valence-electron chi connectivity index (χ2n) is 6.38. The van der Waals surface area contributed by atoms with Crippen LogP contribution in [0.1, 0.15) is 16.7 Å². The van der Waals surface area contributed by atoms with E-state index < -0.39 is 42.3 Å². The first kappa shape index (κ1) is 19.7. The summed E-state index contributed by atoms with van der Waals surface area (Å²) in [6.07, 6.45) is -3.40. The standard InChI is InChI=1S/C19H17F3N2O4/c20-19(21,22)15-5-6-16(25)24(10-15)11-18(27)28-12-17(26)23-8-7-13-3-1-2-4-14(13)9-23/h1-6,10H,7-9,11-12H2. The molecule has 0 unspecified atom stereocenters. The third-order valence-corrected chi connectivity index (χ3v) is 4.45. The highest BCUT2D eigenvalue weighted by Crippen LogP contribution is 2.28. The van der Waals surface area contributed by atoms with Crippen molar-refractivity contribution in [2.24, 2.45) is 0 Å². The van der Waals surface area contributed by atoms with Gasteiger partial charge in [-0.25, -0.2) is 0 Å². The van der Waals surface area contributed by atoms with Crippen LogP contribution in [0.15, 0.2) is 47.4 Å². The summed E-state index contributed by atoms with van der Waals surface area (Å²) in [7, 11) is 0. The average Bonchev–Trinajstić information content (AvgIpc) is 2.66. The fourth-order valence-corrected chi connectivity index (χ4v) is 2.95. The Morgan fingerprint density at radius 2 is 1.79 bits per heavy atom. The number of carbonyl (C=O) groups excluding carboxylic acids is 2. The van der Waals surface area contributed by atoms with Gasteiger partial charge >= 0.3 is 12.1 Å². The van der Waals surface area contributed by atoms with Crippen LogP contribution < -0.4 is 5.56 Å². The first-order valence-corrected chi connectivity index (χ1v) is 8.52. The normalized spacial score (nSPS) is 13.8. The molecule has 1 amide bonds. The van der Waals surface area contributed by atoms with E-state index in [1.165, 1.54) is 0 Å². The van der Waals surface area contributed by atoms with Crippen LogP contribution in [-0.4, -0.2) is 34.5 Å². The van der Waals surface area contributed by atoms with Crippen LogP contribution in [0.25, 0.3) is 0 Å². The number of esters is 1. The van der Waals surface area contributed by atoms with Crippen LogP contribution in [0.5, 0.6) is 0 Å². The summed E-state index contributed by atoms with van der Waals surface area (Å²) >= 11 is 0. The van der Waals surface area contributed by atoms with Gasteiger partial charge in [-0.15, -0.1) is 0 Å². The van der Waals surface area contributed by atoms with Gasteiger partial charge in [0.1, 0.15) is 6.54 Å². The minimum Gasteiger partial charge on any atom is -0.454 e. The lowest BCUT2D eigenvalue weighted by Gasteiger charge is -2.28. The number of amides is 1. The number of alkyl halides is 3. The molecule has 1 aromatic heterocycles. The molecule has 0 N–H and O–H groups in total. The second-order valence-corrected chi connectivity index (χ2v) is 6.38. The van der Waals surface area contributed by atoms with Gasteiger partial charge in [0.2, 0.25) is 0 Å². The van der Waals surface area contributed by atoms with Crippen molar-refractivity contribution in [2.75, 3.05) is 13.2 Å². The van der Waals surface area contributed by atoms with Crippen LogP contribution >= 0.6 is 0 Å². The van der Waals surface area contributed by atoms with Crippen LogP contribution in [0.2, 0.25) is 0 Å². The topological polar surface area (TPSA) is 68.6 Å². The first-order chi connectivity index (χ1) is 13.2. The molecule has 28 heavy (non-hydrogen) atoms. The SMILES string of the molecule is O=C(Cn1cc(C(F)(F)F)ccc1=O)OCC(=O)N1CCc2ccccc2C1. The van der Waals surface area contributed by atoms with Gasteiger partial charge in [0.15, 0.2) is 6.61 Å². The molecule has 2 aromatic rings. The van der Waals surface area contributed by atoms with Crippen molar-refractivity contribution in [1.82, 2.24) is 9.47 Å². The molecule has 6 nitrogen and oxygen atoms in total. The zero-order valence-electron chi connectivity index (χ0n) is 14.7. The molecular formula is C19H17F3N2O4. The molecule has 0 radical (unpaired) electrons. The van der Waals surface area contributed by atoms with Crippen molar-refractivity contribution in [3.63, 3.8) is 0 Å². The molecule has 9 heteroatoms. The van der Waals surface area contributed by atoms with Crippen molar-refractivity contribution in [2.45, 2.75) is 25.7 Å². The molecule has 148 valence electrons. The van der Waals surface area contributed by atoms with E-state index in [2.05, 4.69) is 0 Å². The third-order valence-electron chi connectivity index (χ3n) is 4.45. The van der Waals surface area contributed by atoms with Gasteiger partial charge in [-0.1, -0.05) is 24.3 Å². The van der Waals surface area contributed by atoms with Crippen LogP contribution in [-0.2, 0) is 40.0 Å². The Kier molecular flexibility index (Phi) is 5.53. The summed E-state index contributed by atoms with van der Waals surface area (Å²) in [5, 5.41) is 0. The predicted molar refractivity (Wildman–Crippen MR) is 92.2 cm³/mol. The molecule has 0 aliphatic carbocycles. The maximum Gasteiger partial charge on any atom is 0.417 e. The van der Waals surface area contributed by atoms with Crippen LogP contribution in [0, 0.1) is 0 Å². The van der Waals surface area contributed by atoms with E-state index in [1.54, 1.807) is 4.90 Å². The van der Waals surface area contributed by atoms with Crippen molar-refractivity contribution < 1.29 is 27.5 Å². The fourth-order valence-electron chi connectivity index (χ4n) is 2.95. The molecule has 0 fully saturated rings. The van der Waals surface area contributed by atoms with Crippen molar-refractivity contribution in [1.29, 1.82) is 0 Å². The number of nitrogens with zero attached hydrogens (tertiary/aromatic N) is 2. The van der Waals surface area contributed by atoms with Crippen LogP contribution in [0.3, 0.4) is 0 Å². The highest BCUT2D eigenvalue weighted by atomic mass is 19.4. The molecule has 1 aromatic carbocycles. The maximum atomic E-state index is 12.7. The van der Waals surface area contributed by atoms with Crippen LogP contribution in [0.4, 0.5) is 13.2 Å². The van der Waals surface area contributed by atoms with E-state index in [0.29, 0.717) is 36.3 Å². The molecule has 0 atom stereocenters. The zero-order valence-corrected chi connectivity index (χ0v) is 14.7. The van der Waals surface area contributed by atoms with E-state index in [1.807, 2.05) is 24.3 Å². The Labute approximate surface area is 158 Å². The van der Waals surface area contributed by atoms with Gasteiger partial charge < -0.3 is 14.2 Å². The highest BCUT2D eigenvalue weighted by molar-refractivity contribution is 5.80. The number of hydrogen-bond acceptors (Lipinski definition) is 4. The number of hydrogen-bond donors (Lipinski definition) is 0. The Hall–Kier alpha value is -3.10. The molecule has 3 rings (SSSR count). The molecule has 0 saturated heterocycles. The second kappa shape index (κ2) is 7.87. The smallest absolute Gasteiger partial charge is 0.417 e. The summed E-state index contributed by atoms with van der Waals surface area (Å²) in [4.78, 5) is 37.3. The molecular weight excluding hydrogens is 377 g/mol. The summed E-state index contributed by atoms with van der Waals surface area (Å²) < 4.78 is 43.6. The summed E-state index contributed by atoms with van der Waals surface area (Å²) in [5.74, 6) is -1.37. The zero-order chi connectivity index (χ0) is 20.3. The van der Waals surface area contributed by atoms with Crippen molar-refractivity contribution >= 4 is 11.9 Å². The lowest BCUT2D eigenvalue weighted by molar-refractivity contribution is -0.153. The fraction of sp³-hybridized carbons (Fsp3) is 0.316. The van der Waals surface area contributed by atoms with Gasteiger partial charge in [-0.05, 0) is 23.6 Å². The lowest BCUT2D eigenvalue weighted by Crippen LogP contribution is -2.39. The number of ether oxygens (including phenoxy) is 1. The maximum absolute atomic E-state index is 12.7. The van der Waals surface area contributed by atoms with E-state index in [4.69, 9.17) is 4.74 Å². The Morgan fingerprint density at radius 3 is 2.50 bits per heavy atom. The monoisotopic (exact) mass is 394 g/mol. The molecule has 0 saturated carbocycles. The number of benzene rings is 1. The molecule has 0 spiro atoms. The van der Waals surface area contributed by atoms with E-state index in [9.17, 15) is 27.6 Å². The van der Waals surface area contributed by atoms with Gasteiger partial charge in [0.25, 0.3) is 11.5 Å². The highest BCUT2D eigenvalue weighted by Gasteiger charge is 2.31. The average molecular weight is 394 g/mol. The van der Waals surface area contributed by atoms with Gasteiger partial charge in [0, 0.05) is 25.4 Å². The number of fused-ring (bicyclic) bond motifs is 1. The Bertz CT molecular complexity index is 953. The Balaban J connectivity index is 1.56. The van der Waals surface area contributed by atoms with Gasteiger partial charge in [0.05, 0.1) is 5.56 Å². The van der Waals surface area contributed by atoms with Gasteiger partial charge in [-0.2, -0.15) is 13.2 Å². The first-order valence-electron chi connectivity index (χ1n) is 8.52. The molecule has 1 aliphatic rings. The number of rotatable bonds is 4. The number of pyridine rings is 1. The van der Waals surface area contributed by atoms with E-state index >= 15 is 0 Å². The summed E-state index contributed by atoms with van der Waals surface area (Å²) in [5.41, 5.74) is 0.350. The van der Waals surface area contributed by atoms with Crippen molar-refractivity contribution in [3.05, 3.63) is 69.6 Å². The van der Waals surface area contributed by atoms with E-state index in [-0.39, 0.29) is 0 Å². The quantitative estimate of drug-likeness (QED) is 0.744. The largest absolute Gasteiger partial charge is 0.454 e.